The fraction of sp³-hybridized carbons (Fsp3) is 0.600. The highest BCUT2D eigenvalue weighted by molar-refractivity contribution is 6.01. The van der Waals surface area contributed by atoms with Gasteiger partial charge in [-0.2, -0.15) is 0 Å². The molecule has 0 aliphatic carbocycles. The topological polar surface area (TPSA) is 138 Å². The minimum absolute atomic E-state index is 0.305. The number of amidine groups is 1. The van der Waals surface area contributed by atoms with Crippen molar-refractivity contribution in [3.05, 3.63) is 12.0 Å². The molecule has 3 heterocycles. The number of aliphatic hydroxyl groups is 3. The van der Waals surface area contributed by atoms with Crippen molar-refractivity contribution in [2.75, 3.05) is 18.6 Å². The Kier molecular flexibility index (Phi) is 2.90. The van der Waals surface area contributed by atoms with Crippen molar-refractivity contribution in [2.24, 2.45) is 10.7 Å². The van der Waals surface area contributed by atoms with Gasteiger partial charge in [0.15, 0.2) is 6.23 Å². The number of rotatable bonds is 2. The van der Waals surface area contributed by atoms with E-state index in [9.17, 15) is 10.2 Å². The molecule has 2 aliphatic rings. The third kappa shape index (κ3) is 1.78. The number of anilines is 1. The van der Waals surface area contributed by atoms with Gasteiger partial charge in [-0.1, -0.05) is 0 Å². The Morgan fingerprint density at radius 3 is 2.95 bits per heavy atom. The van der Waals surface area contributed by atoms with E-state index in [0.29, 0.717) is 24.0 Å². The third-order valence-electron chi connectivity index (χ3n) is 3.32. The Hall–Kier alpha value is -1.68. The van der Waals surface area contributed by atoms with E-state index in [0.717, 1.165) is 0 Å². The lowest BCUT2D eigenvalue weighted by Crippen LogP contribution is -2.33. The first-order valence-corrected chi connectivity index (χ1v) is 5.87. The fourth-order valence-corrected chi connectivity index (χ4v) is 2.30. The number of ether oxygens (including phenoxy) is 1. The molecule has 9 heteroatoms. The molecule has 0 amide bonds. The molecule has 0 bridgehead atoms. The maximum Gasteiger partial charge on any atom is 0.165 e. The van der Waals surface area contributed by atoms with E-state index < -0.39 is 24.5 Å². The average Bonchev–Trinajstić information content (AvgIpc) is 2.94. The standard InChI is InChI=1S/C10H15N5O4/c11-8-5-9(13-2-12-8)15(3-14-5)10-7(18)6(17)4(1-16)19-10/h3-4,6-7,10,13,16-18H,1-2H2,(H2,11,12)/t4?,6-,7?,10?/m0/s1. The van der Waals surface area contributed by atoms with Crippen molar-refractivity contribution in [2.45, 2.75) is 24.5 Å². The molecule has 0 aromatic carbocycles. The van der Waals surface area contributed by atoms with Crippen molar-refractivity contribution in [3.8, 4) is 0 Å². The smallest absolute Gasteiger partial charge is 0.165 e. The first-order chi connectivity index (χ1) is 9.13. The number of hydrogen-bond donors (Lipinski definition) is 5. The number of nitrogens with two attached hydrogens (primary N) is 1. The van der Waals surface area contributed by atoms with E-state index in [-0.39, 0.29) is 6.61 Å². The summed E-state index contributed by atoms with van der Waals surface area (Å²) in [6.45, 7) is -0.0675. The zero-order chi connectivity index (χ0) is 13.6. The molecule has 3 unspecified atom stereocenters. The summed E-state index contributed by atoms with van der Waals surface area (Å²) in [4.78, 5) is 8.09. The number of imidazole rings is 1. The summed E-state index contributed by atoms with van der Waals surface area (Å²) in [5, 5.41) is 31.8. The Morgan fingerprint density at radius 2 is 2.26 bits per heavy atom. The summed E-state index contributed by atoms with van der Waals surface area (Å²) in [5.41, 5.74) is 6.19. The molecule has 0 radical (unpaired) electrons. The summed E-state index contributed by atoms with van der Waals surface area (Å²) >= 11 is 0. The van der Waals surface area contributed by atoms with E-state index in [1.54, 1.807) is 4.57 Å². The van der Waals surface area contributed by atoms with Crippen molar-refractivity contribution < 1.29 is 20.1 Å². The van der Waals surface area contributed by atoms with Crippen LogP contribution in [0.3, 0.4) is 0 Å². The summed E-state index contributed by atoms with van der Waals surface area (Å²) < 4.78 is 6.98. The van der Waals surface area contributed by atoms with E-state index in [1.165, 1.54) is 6.33 Å². The first-order valence-electron chi connectivity index (χ1n) is 5.87. The van der Waals surface area contributed by atoms with Crippen molar-refractivity contribution in [1.29, 1.82) is 0 Å². The first kappa shape index (κ1) is 12.4. The maximum atomic E-state index is 9.97. The maximum absolute atomic E-state index is 9.97. The summed E-state index contributed by atoms with van der Waals surface area (Å²) in [5.74, 6) is 0.876. The molecular formula is C10H15N5O4. The highest BCUT2D eigenvalue weighted by atomic mass is 16.6. The van der Waals surface area contributed by atoms with Gasteiger partial charge in [-0.05, 0) is 0 Å². The molecule has 9 nitrogen and oxygen atoms in total. The summed E-state index contributed by atoms with van der Waals surface area (Å²) in [7, 11) is 0. The zero-order valence-corrected chi connectivity index (χ0v) is 9.97. The van der Waals surface area contributed by atoms with Crippen LogP contribution >= 0.6 is 0 Å². The highest BCUT2D eigenvalue weighted by Gasteiger charge is 2.44. The van der Waals surface area contributed by atoms with Crippen LogP contribution in [0.15, 0.2) is 11.3 Å². The Balaban J connectivity index is 1.94. The van der Waals surface area contributed by atoms with Gasteiger partial charge in [-0.3, -0.25) is 4.57 Å². The molecule has 104 valence electrons. The number of hydrogen-bond acceptors (Lipinski definition) is 8. The zero-order valence-electron chi connectivity index (χ0n) is 9.97. The Morgan fingerprint density at radius 1 is 1.47 bits per heavy atom. The molecule has 4 atom stereocenters. The molecular weight excluding hydrogens is 254 g/mol. The average molecular weight is 269 g/mol. The molecule has 2 aliphatic heterocycles. The van der Waals surface area contributed by atoms with Crippen LogP contribution in [0, 0.1) is 0 Å². The number of nitrogens with one attached hydrogen (secondary N) is 1. The Bertz CT molecular complexity index is 516. The quantitative estimate of drug-likeness (QED) is 0.403. The summed E-state index contributed by atoms with van der Waals surface area (Å²) in [6.07, 6.45) is -2.51. The van der Waals surface area contributed by atoms with Crippen molar-refractivity contribution in [1.82, 2.24) is 9.55 Å². The van der Waals surface area contributed by atoms with Crippen LogP contribution in [0.4, 0.5) is 5.82 Å². The van der Waals surface area contributed by atoms with Crippen LogP contribution in [0.1, 0.15) is 11.9 Å². The van der Waals surface area contributed by atoms with Gasteiger partial charge in [-0.15, -0.1) is 0 Å². The number of nitrogens with zero attached hydrogens (tertiary/aromatic N) is 3. The van der Waals surface area contributed by atoms with Gasteiger partial charge in [0.2, 0.25) is 0 Å². The SMILES string of the molecule is NC1=NCNc2c1ncn2C1OC(CO)[C@H](O)C1O. The largest absolute Gasteiger partial charge is 0.394 e. The predicted octanol–water partition coefficient (Wildman–Crippen LogP) is -2.42. The number of aliphatic imine (C=N–C) groups is 1. The lowest BCUT2D eigenvalue weighted by atomic mass is 10.1. The molecule has 0 spiro atoms. The molecule has 1 aromatic heterocycles. The number of aliphatic hydroxyl groups excluding tert-OH is 3. The Labute approximate surface area is 108 Å². The molecule has 1 saturated heterocycles. The van der Waals surface area contributed by atoms with E-state index in [1.807, 2.05) is 0 Å². The van der Waals surface area contributed by atoms with Crippen LogP contribution in [-0.4, -0.2) is 62.3 Å². The van der Waals surface area contributed by atoms with Gasteiger partial charge in [0.1, 0.15) is 42.3 Å². The van der Waals surface area contributed by atoms with E-state index >= 15 is 0 Å². The van der Waals surface area contributed by atoms with Gasteiger partial charge in [0.25, 0.3) is 0 Å². The lowest BCUT2D eigenvalue weighted by Gasteiger charge is -2.21. The van der Waals surface area contributed by atoms with Crippen LogP contribution in [0.5, 0.6) is 0 Å². The summed E-state index contributed by atoms with van der Waals surface area (Å²) in [6, 6.07) is 0. The van der Waals surface area contributed by atoms with Crippen LogP contribution in [-0.2, 0) is 4.74 Å². The van der Waals surface area contributed by atoms with Crippen molar-refractivity contribution >= 4 is 11.7 Å². The van der Waals surface area contributed by atoms with Crippen molar-refractivity contribution in [3.63, 3.8) is 0 Å². The monoisotopic (exact) mass is 269 g/mol. The minimum atomic E-state index is -1.16. The molecule has 6 N–H and O–H groups in total. The second kappa shape index (κ2) is 4.46. The third-order valence-corrected chi connectivity index (χ3v) is 3.32. The second-order valence-electron chi connectivity index (χ2n) is 4.46. The molecule has 3 rings (SSSR count). The predicted molar refractivity (Wildman–Crippen MR) is 64.5 cm³/mol. The molecule has 1 aromatic rings. The molecule has 19 heavy (non-hydrogen) atoms. The van der Waals surface area contributed by atoms with Gasteiger partial charge in [0, 0.05) is 0 Å². The second-order valence-corrected chi connectivity index (χ2v) is 4.46. The lowest BCUT2D eigenvalue weighted by molar-refractivity contribution is -0.0518. The number of fused-ring (bicyclic) bond motifs is 1. The van der Waals surface area contributed by atoms with E-state index in [2.05, 4.69) is 15.3 Å². The molecule has 0 saturated carbocycles. The van der Waals surface area contributed by atoms with E-state index in [4.69, 9.17) is 15.6 Å². The van der Waals surface area contributed by atoms with Gasteiger partial charge in [0.05, 0.1) is 12.9 Å². The minimum Gasteiger partial charge on any atom is -0.394 e. The van der Waals surface area contributed by atoms with Gasteiger partial charge in [-0.25, -0.2) is 9.98 Å². The van der Waals surface area contributed by atoms with Crippen LogP contribution in [0.2, 0.25) is 0 Å². The normalized spacial score (nSPS) is 33.7. The molecule has 1 fully saturated rings. The van der Waals surface area contributed by atoms with Gasteiger partial charge < -0.3 is 31.1 Å². The number of aromatic nitrogens is 2. The van der Waals surface area contributed by atoms with Crippen LogP contribution < -0.4 is 11.1 Å². The van der Waals surface area contributed by atoms with Gasteiger partial charge >= 0.3 is 0 Å². The fourth-order valence-electron chi connectivity index (χ4n) is 2.30. The highest BCUT2D eigenvalue weighted by Crippen LogP contribution is 2.33. The van der Waals surface area contributed by atoms with Crippen LogP contribution in [0.25, 0.3) is 0 Å².